The van der Waals surface area contributed by atoms with Gasteiger partial charge in [0.2, 0.25) is 0 Å². The van der Waals surface area contributed by atoms with E-state index in [-0.39, 0.29) is 16.9 Å². The molecule has 0 amide bonds. The minimum atomic E-state index is -5.31. The fourth-order valence-electron chi connectivity index (χ4n) is 6.49. The third-order valence-electron chi connectivity index (χ3n) is 9.48. The number of aliphatic hydroxyl groups excluding tert-OH is 2. The topological polar surface area (TPSA) is 417 Å². The highest BCUT2D eigenvalue weighted by molar-refractivity contribution is 7.47. The summed E-state index contributed by atoms with van der Waals surface area (Å²) in [5.41, 5.74) is 1.27. The van der Waals surface area contributed by atoms with Gasteiger partial charge in [0, 0.05) is 42.6 Å². The number of phosphoric acid groups is 3. The number of ether oxygens (including phenoxy) is 3. The molecular formula is C29H40N7O22P3. The van der Waals surface area contributed by atoms with Gasteiger partial charge in [-0.15, -0.1) is 0 Å². The zero-order chi connectivity index (χ0) is 44.8. The van der Waals surface area contributed by atoms with E-state index in [1.54, 1.807) is 0 Å². The molecule has 3 aliphatic heterocycles. The number of anilines is 1. The molecule has 29 nitrogen and oxygen atoms in total. The molecule has 0 bridgehead atoms. The number of hydrogen-bond donors (Lipinski definition) is 9. The van der Waals surface area contributed by atoms with Crippen molar-refractivity contribution in [3.8, 4) is 0 Å². The summed E-state index contributed by atoms with van der Waals surface area (Å²) in [5.74, 6) is -0.140. The molecule has 0 aliphatic carbocycles. The van der Waals surface area contributed by atoms with Gasteiger partial charge in [-0.05, 0) is 19.9 Å². The minimum Gasteiger partial charge on any atom is -0.387 e. The Morgan fingerprint density at radius 2 is 1.18 bits per heavy atom. The Labute approximate surface area is 339 Å². The van der Waals surface area contributed by atoms with E-state index in [1.807, 2.05) is 4.98 Å². The summed E-state index contributed by atoms with van der Waals surface area (Å²) in [6, 6.07) is 1.21. The summed E-state index contributed by atoms with van der Waals surface area (Å²) < 4.78 is 83.0. The van der Waals surface area contributed by atoms with Crippen LogP contribution in [0.1, 0.15) is 42.7 Å². The van der Waals surface area contributed by atoms with Crippen LogP contribution in [0.5, 0.6) is 0 Å². The zero-order valence-electron chi connectivity index (χ0n) is 31.5. The second-order valence-electron chi connectivity index (χ2n) is 13.9. The Kier molecular flexibility index (Phi) is 13.9. The van der Waals surface area contributed by atoms with E-state index in [4.69, 9.17) is 38.0 Å². The molecule has 61 heavy (non-hydrogen) atoms. The van der Waals surface area contributed by atoms with E-state index in [0.717, 1.165) is 32.3 Å². The maximum absolute atomic E-state index is 13.4. The minimum absolute atomic E-state index is 0.0473. The Balaban J connectivity index is 1.17. The lowest BCUT2D eigenvalue weighted by Crippen LogP contribution is -2.36. The summed E-state index contributed by atoms with van der Waals surface area (Å²) in [6.07, 6.45) is -13.1. The average molecular weight is 932 g/mol. The first-order valence-electron chi connectivity index (χ1n) is 17.7. The van der Waals surface area contributed by atoms with Crippen LogP contribution in [0.4, 0.5) is 5.82 Å². The van der Waals surface area contributed by atoms with Crippen molar-refractivity contribution in [3.05, 3.63) is 87.9 Å². The van der Waals surface area contributed by atoms with Crippen LogP contribution in [0.25, 0.3) is 0 Å². The average Bonchev–Trinajstić information content (AvgIpc) is 3.82. The van der Waals surface area contributed by atoms with Crippen molar-refractivity contribution in [2.45, 2.75) is 88.1 Å². The fraction of sp³-hybridized carbons (Fsp3) is 0.586. The number of nitrogen functional groups attached to an aromatic ring is 1. The number of hydrogen-bond acceptors (Lipinski definition) is 20. The number of rotatable bonds is 16. The largest absolute Gasteiger partial charge is 0.472 e. The third-order valence-corrected chi connectivity index (χ3v) is 12.0. The first-order valence-corrected chi connectivity index (χ1v) is 22.3. The predicted octanol–water partition coefficient (Wildman–Crippen LogP) is -3.15. The van der Waals surface area contributed by atoms with E-state index in [9.17, 15) is 67.5 Å². The molecule has 0 aromatic carbocycles. The van der Waals surface area contributed by atoms with Gasteiger partial charge in [-0.3, -0.25) is 55.9 Å². The molecule has 10 N–H and O–H groups in total. The number of aromatic nitrogens is 6. The second kappa shape index (κ2) is 18.1. The van der Waals surface area contributed by atoms with E-state index in [2.05, 4.69) is 14.5 Å². The standard InChI is InChI=1S/C29H40N7O22P3/c1-12-7-35(28(42)32-24(12)39)20-5-14(16(54-20)9-51-59(44,45)46)57-60(47,48)52-10-17-15(6-21(55-17)36-8-13(2)25(40)33-29(36)43)58-61(49,50)53-11-18-22(37)23(38)26(56-18)34-4-3-19(30)31-27(34)41/h3-4,7-8,14-18,20-23,26,37-38H,5-6,9-11H2,1-2H3,(H,47,48)(H,49,50)(H2,30,31,41)(H,32,39,42)(H,33,40,43)(H2,44,45,46)/t14-,15-,16+,17+,18+,20+,21+,22+,23+,26+/m0/s1. The van der Waals surface area contributed by atoms with Gasteiger partial charge < -0.3 is 49.7 Å². The highest BCUT2D eigenvalue weighted by Gasteiger charge is 2.48. The van der Waals surface area contributed by atoms with Crippen LogP contribution < -0.4 is 33.9 Å². The van der Waals surface area contributed by atoms with Crippen LogP contribution >= 0.6 is 23.5 Å². The lowest BCUT2D eigenvalue weighted by atomic mass is 10.1. The Morgan fingerprint density at radius 3 is 1.64 bits per heavy atom. The Morgan fingerprint density at radius 1 is 0.721 bits per heavy atom. The zero-order valence-corrected chi connectivity index (χ0v) is 34.2. The van der Waals surface area contributed by atoms with Gasteiger partial charge in [0.15, 0.2) is 6.23 Å². The molecule has 6 heterocycles. The molecule has 0 saturated carbocycles. The van der Waals surface area contributed by atoms with E-state index >= 15 is 0 Å². The quantitative estimate of drug-likeness (QED) is 0.0641. The van der Waals surface area contributed by atoms with Crippen molar-refractivity contribution in [1.29, 1.82) is 0 Å². The van der Waals surface area contributed by atoms with Gasteiger partial charge in [-0.25, -0.2) is 28.1 Å². The van der Waals surface area contributed by atoms with Crippen molar-refractivity contribution in [2.24, 2.45) is 0 Å². The summed E-state index contributed by atoms with van der Waals surface area (Å²) in [7, 11) is -15.7. The summed E-state index contributed by atoms with van der Waals surface area (Å²) >= 11 is 0. The van der Waals surface area contributed by atoms with Crippen molar-refractivity contribution >= 4 is 29.3 Å². The number of aromatic amines is 2. The molecular weight excluding hydrogens is 891 g/mol. The molecule has 0 spiro atoms. The lowest BCUT2D eigenvalue weighted by Gasteiger charge is -2.24. The second-order valence-corrected chi connectivity index (χ2v) is 17.9. The number of H-pyrrole nitrogens is 2. The summed E-state index contributed by atoms with van der Waals surface area (Å²) in [6.45, 7) is -0.110. The van der Waals surface area contributed by atoms with Crippen molar-refractivity contribution < 1.29 is 80.3 Å². The maximum Gasteiger partial charge on any atom is 0.472 e. The van der Waals surface area contributed by atoms with Crippen molar-refractivity contribution in [3.63, 3.8) is 0 Å². The molecule has 3 fully saturated rings. The molecule has 3 aromatic rings. The first kappa shape index (κ1) is 46.7. The smallest absolute Gasteiger partial charge is 0.387 e. The van der Waals surface area contributed by atoms with Gasteiger partial charge in [0.05, 0.1) is 19.8 Å². The van der Waals surface area contributed by atoms with E-state index in [1.165, 1.54) is 19.9 Å². The summed E-state index contributed by atoms with van der Waals surface area (Å²) in [5, 5.41) is 21.1. The van der Waals surface area contributed by atoms with Crippen LogP contribution in [-0.2, 0) is 50.5 Å². The van der Waals surface area contributed by atoms with Gasteiger partial charge in [-0.2, -0.15) is 4.98 Å². The van der Waals surface area contributed by atoms with Crippen LogP contribution in [-0.4, -0.2) is 121 Å². The van der Waals surface area contributed by atoms with Crippen LogP contribution in [0.15, 0.2) is 48.6 Å². The molecule has 32 heteroatoms. The normalized spacial score (nSPS) is 30.0. The molecule has 3 saturated heterocycles. The Bertz CT molecular complexity index is 2560. The number of aryl methyl sites for hydroxylation is 2. The monoisotopic (exact) mass is 931 g/mol. The number of aliphatic hydroxyl groups is 2. The van der Waals surface area contributed by atoms with Gasteiger partial charge in [-0.1, -0.05) is 0 Å². The molecule has 6 rings (SSSR count). The van der Waals surface area contributed by atoms with Gasteiger partial charge >= 0.3 is 40.5 Å². The summed E-state index contributed by atoms with van der Waals surface area (Å²) in [4.78, 5) is 109. The number of nitrogens with one attached hydrogen (secondary N) is 2. The van der Waals surface area contributed by atoms with E-state index in [0.29, 0.717) is 0 Å². The number of phosphoric ester groups is 3. The van der Waals surface area contributed by atoms with Crippen molar-refractivity contribution in [2.75, 3.05) is 25.6 Å². The fourth-order valence-corrected chi connectivity index (χ4v) is 8.75. The van der Waals surface area contributed by atoms with E-state index < -0.39 is 146 Å². The maximum atomic E-state index is 13.4. The lowest BCUT2D eigenvalue weighted by molar-refractivity contribution is -0.0637. The van der Waals surface area contributed by atoms with Crippen LogP contribution in [0.2, 0.25) is 0 Å². The van der Waals surface area contributed by atoms with Crippen LogP contribution in [0, 0.1) is 13.8 Å². The SMILES string of the molecule is Cc1cn([C@H]2C[C@H](OP(=O)(O)OC[C@H]3O[C@@H](n4cc(C)c(=O)[nH]c4=O)C[C@@H]3OP(=O)(O)OC[C@H]3O[C@@H](n4ccc(N)nc4=O)[C@H](O)[C@@H]3O)[C@@H](COP(=O)(O)O)O2)c(=O)[nH]c1=O. The highest BCUT2D eigenvalue weighted by atomic mass is 31.2. The van der Waals surface area contributed by atoms with Gasteiger partial charge in [0.25, 0.3) is 11.1 Å². The van der Waals surface area contributed by atoms with Gasteiger partial charge in [0.1, 0.15) is 61.0 Å². The third kappa shape index (κ3) is 11.2. The predicted molar refractivity (Wildman–Crippen MR) is 197 cm³/mol. The number of nitrogens with zero attached hydrogens (tertiary/aromatic N) is 4. The molecule has 0 radical (unpaired) electrons. The molecule has 3 aliphatic rings. The molecule has 2 unspecified atom stereocenters. The highest BCUT2D eigenvalue weighted by Crippen LogP contribution is 2.52. The molecule has 3 aromatic heterocycles. The molecule has 338 valence electrons. The van der Waals surface area contributed by atoms with Crippen LogP contribution in [0.3, 0.4) is 0 Å². The molecule has 12 atom stereocenters. The number of nitrogens with two attached hydrogens (primary N) is 1. The Hall–Kier alpha value is -3.83. The first-order chi connectivity index (χ1) is 28.4. The van der Waals surface area contributed by atoms with Crippen molar-refractivity contribution in [1.82, 2.24) is 28.7 Å².